The number of carbonyl (C=O) groups is 17. The topological polar surface area (TPSA) is 511 Å². The summed E-state index contributed by atoms with van der Waals surface area (Å²) in [6.07, 6.45) is -1.16. The Bertz CT molecular complexity index is 2460. The third-order valence-electron chi connectivity index (χ3n) is 12.0. The first-order chi connectivity index (χ1) is 38.8. The third kappa shape index (κ3) is 28.6. The van der Waals surface area contributed by atoms with E-state index in [1.807, 2.05) is 0 Å². The minimum Gasteiger partial charge on any atom is -0.481 e. The van der Waals surface area contributed by atoms with Gasteiger partial charge in [-0.15, -0.1) is 0 Å². The van der Waals surface area contributed by atoms with E-state index >= 15 is 0 Å². The summed E-state index contributed by atoms with van der Waals surface area (Å²) >= 11 is 0. The Morgan fingerprint density at radius 1 is 0.286 bits per heavy atom. The Kier molecular flexibility index (Phi) is 32.5. The van der Waals surface area contributed by atoms with Crippen LogP contribution in [-0.4, -0.2) is 202 Å². The summed E-state index contributed by atoms with van der Waals surface area (Å²) in [7, 11) is 0. The van der Waals surface area contributed by atoms with E-state index in [9.17, 15) is 86.6 Å². The van der Waals surface area contributed by atoms with Crippen LogP contribution in [0.3, 0.4) is 0 Å². The molecule has 34 nitrogen and oxygen atoms in total. The fourth-order valence-corrected chi connectivity index (χ4v) is 6.61. The molecule has 0 spiro atoms. The lowest BCUT2D eigenvalue weighted by Crippen LogP contribution is -2.58. The molecule has 0 aliphatic heterocycles. The highest BCUT2D eigenvalue weighted by molar-refractivity contribution is 5.99. The normalized spacial score (nSPS) is 15.7. The molecule has 0 unspecified atom stereocenters. The zero-order valence-corrected chi connectivity index (χ0v) is 49.5. The largest absolute Gasteiger partial charge is 0.481 e. The number of carbonyl (C=O) groups excluding carboxylic acids is 15. The molecular weight excluding hydrogens is 1110 g/mol. The highest BCUT2D eigenvalue weighted by Crippen LogP contribution is 2.03. The van der Waals surface area contributed by atoms with Gasteiger partial charge >= 0.3 is 11.9 Å². The van der Waals surface area contributed by atoms with Crippen LogP contribution in [0, 0.1) is 0 Å². The van der Waals surface area contributed by atoms with Crippen LogP contribution in [0.4, 0.5) is 0 Å². The highest BCUT2D eigenvalue weighted by atomic mass is 16.4. The SMILES string of the molecule is CC(=O)N[C@@H](C)C(=O)N[C@@H](C)C(=O)N[C@@H](C)C(=O)N[C@@H](C)C(=O)N[C@@H](C)C(=O)N[C@@H](C)C(=O)N[C@@H](C)C(=O)NCCCC(=O)N[C@@H](C)C(=O)N[C@@H](C)C(=O)N[C@@H](C)C(=O)N[C@@H](CCC(=O)O)C(=O)N[C@@H](C)C(=O)N[C@@H](C)C(=O)N[C@@H](C)C(=O)O. The summed E-state index contributed by atoms with van der Waals surface area (Å²) in [5, 5.41) is 53.7. The Morgan fingerprint density at radius 3 is 0.798 bits per heavy atom. The molecule has 0 aliphatic carbocycles. The number of rotatable bonds is 35. The number of hydrogen-bond acceptors (Lipinski definition) is 17. The maximum atomic E-state index is 13.1. The van der Waals surface area contributed by atoms with E-state index in [1.165, 1.54) is 96.9 Å². The summed E-state index contributed by atoms with van der Waals surface area (Å²) in [6, 6.07) is -17.1. The van der Waals surface area contributed by atoms with Crippen LogP contribution >= 0.6 is 0 Å². The molecule has 0 saturated heterocycles. The van der Waals surface area contributed by atoms with E-state index in [-0.39, 0.29) is 19.4 Å². The maximum Gasteiger partial charge on any atom is 0.325 e. The van der Waals surface area contributed by atoms with Crippen LogP contribution in [0.25, 0.3) is 0 Å². The average molecular weight is 1200 g/mol. The second kappa shape index (κ2) is 36.5. The highest BCUT2D eigenvalue weighted by Gasteiger charge is 2.32. The molecule has 0 fully saturated rings. The molecule has 17 N–H and O–H groups in total. The molecule has 84 heavy (non-hydrogen) atoms. The Labute approximate surface area is 484 Å². The smallest absolute Gasteiger partial charge is 0.325 e. The van der Waals surface area contributed by atoms with Crippen LogP contribution < -0.4 is 79.8 Å². The predicted molar refractivity (Wildman–Crippen MR) is 293 cm³/mol. The van der Waals surface area contributed by atoms with Gasteiger partial charge in [0.25, 0.3) is 0 Å². The number of hydrogen-bond donors (Lipinski definition) is 17. The predicted octanol–water partition coefficient (Wildman–Crippen LogP) is -7.10. The van der Waals surface area contributed by atoms with E-state index in [4.69, 9.17) is 5.11 Å². The van der Waals surface area contributed by atoms with Crippen molar-refractivity contribution in [1.82, 2.24) is 79.8 Å². The van der Waals surface area contributed by atoms with Gasteiger partial charge in [0.2, 0.25) is 88.6 Å². The number of amides is 15. The molecule has 0 aromatic heterocycles. The first-order valence-corrected chi connectivity index (χ1v) is 26.7. The molecule has 0 aliphatic rings. The lowest BCUT2D eigenvalue weighted by Gasteiger charge is -2.24. The average Bonchev–Trinajstić information content (AvgIpc) is 3.62. The molecule has 0 saturated carbocycles. The van der Waals surface area contributed by atoms with Gasteiger partial charge in [-0.1, -0.05) is 0 Å². The van der Waals surface area contributed by atoms with Crippen LogP contribution in [0.2, 0.25) is 0 Å². The number of carboxylic acid groups (broad SMARTS) is 2. The minimum absolute atomic E-state index is 0.0491. The van der Waals surface area contributed by atoms with Crippen molar-refractivity contribution >= 4 is 101 Å². The van der Waals surface area contributed by atoms with E-state index in [0.717, 1.165) is 0 Å². The first-order valence-electron chi connectivity index (χ1n) is 26.7. The molecule has 0 bridgehead atoms. The molecule has 14 atom stereocenters. The van der Waals surface area contributed by atoms with Gasteiger partial charge in [0, 0.05) is 26.3 Å². The van der Waals surface area contributed by atoms with Crippen molar-refractivity contribution in [2.75, 3.05) is 6.54 Å². The molecule has 0 heterocycles. The second-order valence-electron chi connectivity index (χ2n) is 20.0. The number of carboxylic acids is 2. The molecule has 0 radical (unpaired) electrons. The van der Waals surface area contributed by atoms with Crippen LogP contribution in [0.15, 0.2) is 0 Å². The van der Waals surface area contributed by atoms with Crippen molar-refractivity contribution in [1.29, 1.82) is 0 Å². The summed E-state index contributed by atoms with van der Waals surface area (Å²) < 4.78 is 0. The third-order valence-corrected chi connectivity index (χ3v) is 12.0. The van der Waals surface area contributed by atoms with E-state index in [2.05, 4.69) is 79.8 Å². The van der Waals surface area contributed by atoms with Crippen molar-refractivity contribution < 1.29 is 91.7 Å². The van der Waals surface area contributed by atoms with E-state index in [1.54, 1.807) is 0 Å². The summed E-state index contributed by atoms with van der Waals surface area (Å²) in [5.74, 6) is -14.2. The van der Waals surface area contributed by atoms with Crippen molar-refractivity contribution in [3.05, 3.63) is 0 Å². The second-order valence-corrected chi connectivity index (χ2v) is 20.0. The van der Waals surface area contributed by atoms with Crippen molar-refractivity contribution in [3.8, 4) is 0 Å². The van der Waals surface area contributed by atoms with Gasteiger partial charge in [-0.2, -0.15) is 0 Å². The maximum absolute atomic E-state index is 13.1. The van der Waals surface area contributed by atoms with Gasteiger partial charge in [-0.3, -0.25) is 81.5 Å². The van der Waals surface area contributed by atoms with Gasteiger partial charge in [0.1, 0.15) is 84.6 Å². The molecule has 15 amide bonds. The summed E-state index contributed by atoms with van der Waals surface area (Å²) in [5.41, 5.74) is 0. The molecule has 34 heteroatoms. The van der Waals surface area contributed by atoms with Crippen molar-refractivity contribution in [2.24, 2.45) is 0 Å². The van der Waals surface area contributed by atoms with Gasteiger partial charge in [0.05, 0.1) is 0 Å². The van der Waals surface area contributed by atoms with Crippen LogP contribution in [0.1, 0.15) is 123 Å². The lowest BCUT2D eigenvalue weighted by atomic mass is 10.1. The fourth-order valence-electron chi connectivity index (χ4n) is 6.61. The van der Waals surface area contributed by atoms with E-state index in [0.29, 0.717) is 0 Å². The molecule has 0 aromatic carbocycles. The number of nitrogens with one attached hydrogen (secondary N) is 15. The quantitative estimate of drug-likeness (QED) is 0.0262. The van der Waals surface area contributed by atoms with Gasteiger partial charge < -0.3 is 90.0 Å². The monoisotopic (exact) mass is 1200 g/mol. The number of aliphatic carboxylic acids is 2. The van der Waals surface area contributed by atoms with Crippen molar-refractivity contribution in [3.63, 3.8) is 0 Å². The fraction of sp³-hybridized carbons (Fsp3) is 0.660. The van der Waals surface area contributed by atoms with Crippen molar-refractivity contribution in [2.45, 2.75) is 207 Å². The van der Waals surface area contributed by atoms with Gasteiger partial charge in [0.15, 0.2) is 0 Å². The molecule has 0 aromatic rings. The van der Waals surface area contributed by atoms with Gasteiger partial charge in [-0.25, -0.2) is 0 Å². The zero-order valence-electron chi connectivity index (χ0n) is 49.5. The van der Waals surface area contributed by atoms with Crippen LogP contribution in [-0.2, 0) is 81.5 Å². The minimum atomic E-state index is -1.53. The molecule has 0 rings (SSSR count). The lowest BCUT2D eigenvalue weighted by molar-refractivity contribution is -0.142. The first kappa shape index (κ1) is 75.0. The Hall–Kier alpha value is -9.01. The summed E-state index contributed by atoms with van der Waals surface area (Å²) in [4.78, 5) is 212. The molecular formula is C50H83N15O19. The van der Waals surface area contributed by atoms with E-state index < -0.39 is 198 Å². The van der Waals surface area contributed by atoms with Gasteiger partial charge in [-0.05, 0) is 103 Å². The zero-order chi connectivity index (χ0) is 65.0. The standard InChI is InChI=1S/C50H83N15O19/c1-20(54-40(73)23(4)57-42(75)26(7)59-44(77)28(9)60-43(76)27(8)58-41(74)24(5)55-38(71)21(2)52-33(14)66)37(70)51-19-15-16-35(67)53-22(3)39(72)56-25(6)45(78)62-31(12)48(81)65-34(17-18-36(68)69)49(82)63-30(11)46(79)61-29(10)47(80)64-32(13)50(83)84/h20-32,34H,15-19H2,1-14H3,(H,51,70)(H,52,66)(H,53,67)(H,54,73)(H,55,71)(H,56,72)(H,57,75)(H,58,74)(H,59,77)(H,60,76)(H,61,79)(H,62,78)(H,63,82)(H,64,80)(H,65,81)(H,68,69)(H,83,84)/t20-,21-,22-,23-,24-,25-,26-,27-,28-,29-,30-,31-,32-,34-/m0/s1. The van der Waals surface area contributed by atoms with Crippen LogP contribution in [0.5, 0.6) is 0 Å². The molecule has 472 valence electrons. The Balaban J connectivity index is 4.96. The summed E-state index contributed by atoms with van der Waals surface area (Å²) in [6.45, 7) is 18.1. The Morgan fingerprint density at radius 2 is 0.524 bits per heavy atom.